The van der Waals surface area contributed by atoms with Crippen molar-refractivity contribution in [2.24, 2.45) is 0 Å². The summed E-state index contributed by atoms with van der Waals surface area (Å²) in [5.74, 6) is -0.557. The monoisotopic (exact) mass is 290 g/mol. The minimum atomic E-state index is -0.562. The SMILES string of the molecule is CNC(C)c1cccc(F)c1Oc1ccccc1[N+](=O)[O-]. The summed E-state index contributed by atoms with van der Waals surface area (Å²) >= 11 is 0. The van der Waals surface area contributed by atoms with Crippen LogP contribution in [0.5, 0.6) is 11.5 Å². The molecule has 2 aromatic carbocycles. The summed E-state index contributed by atoms with van der Waals surface area (Å²) in [5.41, 5.74) is 0.388. The van der Waals surface area contributed by atoms with E-state index in [-0.39, 0.29) is 23.2 Å². The summed E-state index contributed by atoms with van der Waals surface area (Å²) in [6, 6.07) is 10.3. The molecule has 0 bridgehead atoms. The maximum Gasteiger partial charge on any atom is 0.311 e. The Labute approximate surface area is 121 Å². The van der Waals surface area contributed by atoms with Gasteiger partial charge >= 0.3 is 5.69 Å². The number of halogens is 1. The number of benzene rings is 2. The molecule has 1 unspecified atom stereocenters. The zero-order chi connectivity index (χ0) is 15.4. The molecule has 0 fully saturated rings. The lowest BCUT2D eigenvalue weighted by Gasteiger charge is -2.16. The maximum atomic E-state index is 14.0. The van der Waals surface area contributed by atoms with E-state index in [2.05, 4.69) is 5.32 Å². The molecule has 1 N–H and O–H groups in total. The van der Waals surface area contributed by atoms with Crippen LogP contribution < -0.4 is 10.1 Å². The van der Waals surface area contributed by atoms with Gasteiger partial charge in [-0.15, -0.1) is 0 Å². The van der Waals surface area contributed by atoms with E-state index in [9.17, 15) is 14.5 Å². The highest BCUT2D eigenvalue weighted by Crippen LogP contribution is 2.36. The topological polar surface area (TPSA) is 64.4 Å². The normalized spacial score (nSPS) is 12.0. The Bertz CT molecular complexity index is 661. The molecule has 0 saturated carbocycles. The number of nitro benzene ring substituents is 1. The highest BCUT2D eigenvalue weighted by molar-refractivity contribution is 5.50. The van der Waals surface area contributed by atoms with Gasteiger partial charge in [-0.3, -0.25) is 10.1 Å². The standard InChI is InChI=1S/C15H15FN2O3/c1-10(17-2)11-6-5-7-12(16)15(11)21-14-9-4-3-8-13(14)18(19)20/h3-10,17H,1-2H3. The fourth-order valence-electron chi connectivity index (χ4n) is 1.93. The molecule has 5 nitrogen and oxygen atoms in total. The van der Waals surface area contributed by atoms with Crippen LogP contribution in [0.25, 0.3) is 0 Å². The minimum Gasteiger partial charge on any atom is -0.447 e. The van der Waals surface area contributed by atoms with Crippen LogP contribution in [-0.4, -0.2) is 12.0 Å². The summed E-state index contributed by atoms with van der Waals surface area (Å²) in [4.78, 5) is 10.4. The first-order valence-corrected chi connectivity index (χ1v) is 6.41. The van der Waals surface area contributed by atoms with Crippen molar-refractivity contribution < 1.29 is 14.1 Å². The highest BCUT2D eigenvalue weighted by Gasteiger charge is 2.20. The molecule has 110 valence electrons. The molecule has 0 heterocycles. The molecule has 1 atom stereocenters. The fraction of sp³-hybridized carbons (Fsp3) is 0.200. The lowest BCUT2D eigenvalue weighted by Crippen LogP contribution is -2.13. The van der Waals surface area contributed by atoms with Gasteiger partial charge in [0.2, 0.25) is 5.75 Å². The van der Waals surface area contributed by atoms with Crippen molar-refractivity contribution in [3.63, 3.8) is 0 Å². The van der Waals surface area contributed by atoms with Gasteiger partial charge in [0, 0.05) is 17.7 Å². The van der Waals surface area contributed by atoms with Crippen LogP contribution in [-0.2, 0) is 0 Å². The third-order valence-electron chi connectivity index (χ3n) is 3.17. The van der Waals surface area contributed by atoms with Crippen molar-refractivity contribution in [1.29, 1.82) is 0 Å². The number of rotatable bonds is 5. The Hall–Kier alpha value is -2.47. The maximum absolute atomic E-state index is 14.0. The zero-order valence-corrected chi connectivity index (χ0v) is 11.7. The van der Waals surface area contributed by atoms with E-state index in [0.717, 1.165) is 0 Å². The number of nitro groups is 1. The second-order valence-corrected chi connectivity index (χ2v) is 4.50. The van der Waals surface area contributed by atoms with E-state index in [1.165, 1.54) is 24.3 Å². The van der Waals surface area contributed by atoms with E-state index in [1.54, 1.807) is 25.2 Å². The molecule has 6 heteroatoms. The number of ether oxygens (including phenoxy) is 1. The van der Waals surface area contributed by atoms with Gasteiger partial charge in [-0.2, -0.15) is 0 Å². The smallest absolute Gasteiger partial charge is 0.311 e. The average Bonchev–Trinajstić information content (AvgIpc) is 2.48. The fourth-order valence-corrected chi connectivity index (χ4v) is 1.93. The van der Waals surface area contributed by atoms with Crippen LogP contribution in [0.15, 0.2) is 42.5 Å². The summed E-state index contributed by atoms with van der Waals surface area (Å²) in [6.45, 7) is 1.85. The van der Waals surface area contributed by atoms with Crippen molar-refractivity contribution in [2.75, 3.05) is 7.05 Å². The van der Waals surface area contributed by atoms with Gasteiger partial charge in [0.05, 0.1) is 4.92 Å². The third kappa shape index (κ3) is 3.17. The molecule has 0 saturated heterocycles. The predicted molar refractivity (Wildman–Crippen MR) is 77.0 cm³/mol. The second-order valence-electron chi connectivity index (χ2n) is 4.50. The number of nitrogens with one attached hydrogen (secondary N) is 1. The van der Waals surface area contributed by atoms with Crippen LogP contribution in [0, 0.1) is 15.9 Å². The van der Waals surface area contributed by atoms with E-state index < -0.39 is 10.7 Å². The Morgan fingerprint density at radius 1 is 1.24 bits per heavy atom. The van der Waals surface area contributed by atoms with E-state index in [0.29, 0.717) is 5.56 Å². The molecule has 0 aliphatic heterocycles. The highest BCUT2D eigenvalue weighted by atomic mass is 19.1. The first kappa shape index (κ1) is 14.9. The van der Waals surface area contributed by atoms with Crippen LogP contribution in [0.3, 0.4) is 0 Å². The average molecular weight is 290 g/mol. The molecule has 21 heavy (non-hydrogen) atoms. The Morgan fingerprint density at radius 2 is 1.95 bits per heavy atom. The van der Waals surface area contributed by atoms with E-state index in [4.69, 9.17) is 4.74 Å². The lowest BCUT2D eigenvalue weighted by molar-refractivity contribution is -0.385. The van der Waals surface area contributed by atoms with Crippen LogP contribution in [0.4, 0.5) is 10.1 Å². The van der Waals surface area contributed by atoms with Gasteiger partial charge in [0.15, 0.2) is 11.6 Å². The molecule has 0 radical (unpaired) electrons. The quantitative estimate of drug-likeness (QED) is 0.672. The summed E-state index contributed by atoms with van der Waals surface area (Å²) in [7, 11) is 1.74. The molecule has 0 spiro atoms. The van der Waals surface area contributed by atoms with Gasteiger partial charge in [-0.1, -0.05) is 24.3 Å². The molecule has 0 aliphatic carbocycles. The third-order valence-corrected chi connectivity index (χ3v) is 3.17. The summed E-state index contributed by atoms with van der Waals surface area (Å²) in [6.07, 6.45) is 0. The first-order chi connectivity index (χ1) is 10.0. The number of hydrogen-bond donors (Lipinski definition) is 1. The van der Waals surface area contributed by atoms with Crippen LogP contribution >= 0.6 is 0 Å². The Balaban J connectivity index is 2.47. The van der Waals surface area contributed by atoms with Crippen molar-refractivity contribution >= 4 is 5.69 Å². The zero-order valence-electron chi connectivity index (χ0n) is 11.7. The lowest BCUT2D eigenvalue weighted by atomic mass is 10.1. The van der Waals surface area contributed by atoms with Gasteiger partial charge in [-0.05, 0) is 26.1 Å². The minimum absolute atomic E-state index is 0.00588. The van der Waals surface area contributed by atoms with Gasteiger partial charge in [0.1, 0.15) is 0 Å². The van der Waals surface area contributed by atoms with Gasteiger partial charge < -0.3 is 10.1 Å². The van der Waals surface area contributed by atoms with Gasteiger partial charge in [0.25, 0.3) is 0 Å². The molecule has 2 aromatic rings. The number of nitrogens with zero attached hydrogens (tertiary/aromatic N) is 1. The molecule has 0 amide bonds. The second kappa shape index (κ2) is 6.32. The van der Waals surface area contributed by atoms with Crippen LogP contribution in [0.2, 0.25) is 0 Å². The molecule has 2 rings (SSSR count). The van der Waals surface area contributed by atoms with Crippen molar-refractivity contribution in [1.82, 2.24) is 5.32 Å². The predicted octanol–water partition coefficient (Wildman–Crippen LogP) is 3.81. The molecule has 0 aromatic heterocycles. The van der Waals surface area contributed by atoms with E-state index >= 15 is 0 Å². The Morgan fingerprint density at radius 3 is 2.62 bits per heavy atom. The molecule has 0 aliphatic rings. The summed E-state index contributed by atoms with van der Waals surface area (Å²) in [5, 5.41) is 14.0. The largest absolute Gasteiger partial charge is 0.447 e. The number of hydrogen-bond acceptors (Lipinski definition) is 4. The van der Waals surface area contributed by atoms with Gasteiger partial charge in [-0.25, -0.2) is 4.39 Å². The van der Waals surface area contributed by atoms with Crippen LogP contribution in [0.1, 0.15) is 18.5 Å². The molecular formula is C15H15FN2O3. The van der Waals surface area contributed by atoms with Crippen molar-refractivity contribution in [2.45, 2.75) is 13.0 Å². The van der Waals surface area contributed by atoms with Crippen molar-refractivity contribution in [3.05, 3.63) is 64.0 Å². The number of para-hydroxylation sites is 3. The molecular weight excluding hydrogens is 275 g/mol. The van der Waals surface area contributed by atoms with E-state index in [1.807, 2.05) is 6.92 Å². The Kier molecular flexibility index (Phi) is 4.49. The first-order valence-electron chi connectivity index (χ1n) is 6.41. The summed E-state index contributed by atoms with van der Waals surface area (Å²) < 4.78 is 19.5. The van der Waals surface area contributed by atoms with Crippen molar-refractivity contribution in [3.8, 4) is 11.5 Å².